The maximum absolute atomic E-state index is 9.26. The summed E-state index contributed by atoms with van der Waals surface area (Å²) >= 11 is 0. The van der Waals surface area contributed by atoms with Gasteiger partial charge in [0.25, 0.3) is 0 Å². The van der Waals surface area contributed by atoms with Crippen molar-refractivity contribution in [2.75, 3.05) is 13.2 Å². The maximum atomic E-state index is 9.26. The van der Waals surface area contributed by atoms with Crippen molar-refractivity contribution < 1.29 is 5.11 Å². The van der Waals surface area contributed by atoms with Gasteiger partial charge in [-0.3, -0.25) is 0 Å². The average molecular weight is 225 g/mol. The van der Waals surface area contributed by atoms with Gasteiger partial charge in [0.05, 0.1) is 0 Å². The zero-order chi connectivity index (χ0) is 11.6. The molecule has 2 N–H and O–H groups in total. The highest BCUT2D eigenvalue weighted by Crippen LogP contribution is 2.44. The molecule has 0 heterocycles. The van der Waals surface area contributed by atoms with Crippen molar-refractivity contribution in [1.82, 2.24) is 5.32 Å². The topological polar surface area (TPSA) is 32.3 Å². The summed E-state index contributed by atoms with van der Waals surface area (Å²) in [7, 11) is 0. The molecule has 2 heteroatoms. The van der Waals surface area contributed by atoms with Crippen LogP contribution in [0.25, 0.3) is 0 Å². The second-order valence-corrected chi connectivity index (χ2v) is 6.39. The fourth-order valence-electron chi connectivity index (χ4n) is 2.92. The van der Waals surface area contributed by atoms with Crippen LogP contribution in [0.4, 0.5) is 0 Å². The van der Waals surface area contributed by atoms with Gasteiger partial charge in [0.1, 0.15) is 0 Å². The Kier molecular flexibility index (Phi) is 3.91. The first kappa shape index (κ1) is 12.4. The van der Waals surface area contributed by atoms with Gasteiger partial charge in [-0.05, 0) is 50.4 Å². The van der Waals surface area contributed by atoms with Gasteiger partial charge in [-0.1, -0.05) is 13.8 Å². The molecule has 94 valence electrons. The predicted octanol–water partition coefficient (Wildman–Crippen LogP) is 2.56. The monoisotopic (exact) mass is 225 g/mol. The molecule has 2 aliphatic carbocycles. The minimum Gasteiger partial charge on any atom is -0.396 e. The Morgan fingerprint density at radius 1 is 1.19 bits per heavy atom. The van der Waals surface area contributed by atoms with Gasteiger partial charge in [0.2, 0.25) is 0 Å². The lowest BCUT2D eigenvalue weighted by molar-refractivity contribution is 0.189. The Hall–Kier alpha value is -0.0800. The number of nitrogens with one attached hydrogen (secondary N) is 1. The van der Waals surface area contributed by atoms with E-state index in [0.717, 1.165) is 24.4 Å². The summed E-state index contributed by atoms with van der Waals surface area (Å²) in [5, 5.41) is 12.9. The molecule has 2 fully saturated rings. The van der Waals surface area contributed by atoms with Gasteiger partial charge in [-0.2, -0.15) is 0 Å². The van der Waals surface area contributed by atoms with E-state index < -0.39 is 0 Å². The van der Waals surface area contributed by atoms with Gasteiger partial charge in [0, 0.05) is 24.6 Å². The Morgan fingerprint density at radius 2 is 1.81 bits per heavy atom. The molecule has 0 radical (unpaired) electrons. The second kappa shape index (κ2) is 5.05. The fourth-order valence-corrected chi connectivity index (χ4v) is 2.92. The van der Waals surface area contributed by atoms with Gasteiger partial charge >= 0.3 is 0 Å². The largest absolute Gasteiger partial charge is 0.396 e. The third kappa shape index (κ3) is 2.98. The minimum atomic E-state index is 0.273. The van der Waals surface area contributed by atoms with Crippen LogP contribution in [-0.4, -0.2) is 24.3 Å². The molecule has 2 aliphatic rings. The summed E-state index contributed by atoms with van der Waals surface area (Å²) in [6, 6.07) is 0.721. The highest BCUT2D eigenvalue weighted by molar-refractivity contribution is 4.95. The zero-order valence-electron chi connectivity index (χ0n) is 10.8. The van der Waals surface area contributed by atoms with Gasteiger partial charge in [0.15, 0.2) is 0 Å². The fraction of sp³-hybridized carbons (Fsp3) is 1.00. The van der Waals surface area contributed by atoms with Crippen LogP contribution in [-0.2, 0) is 0 Å². The quantitative estimate of drug-likeness (QED) is 0.753. The molecule has 0 aromatic carbocycles. The van der Waals surface area contributed by atoms with Crippen molar-refractivity contribution in [3.63, 3.8) is 0 Å². The van der Waals surface area contributed by atoms with Gasteiger partial charge in [-0.15, -0.1) is 0 Å². The van der Waals surface area contributed by atoms with Crippen LogP contribution in [0.5, 0.6) is 0 Å². The van der Waals surface area contributed by atoms with Crippen LogP contribution in [0.1, 0.15) is 52.4 Å². The van der Waals surface area contributed by atoms with Crippen molar-refractivity contribution in [3.05, 3.63) is 0 Å². The SMILES string of the molecule is CC(C)C1CCC(NCC2(CO)CC2)CC1. The van der Waals surface area contributed by atoms with Gasteiger partial charge in [-0.25, -0.2) is 0 Å². The lowest BCUT2D eigenvalue weighted by Crippen LogP contribution is -2.38. The molecule has 0 unspecified atom stereocenters. The van der Waals surface area contributed by atoms with E-state index in [0.29, 0.717) is 6.61 Å². The van der Waals surface area contributed by atoms with Crippen LogP contribution < -0.4 is 5.32 Å². The number of hydrogen-bond donors (Lipinski definition) is 2. The summed E-state index contributed by atoms with van der Waals surface area (Å²) in [4.78, 5) is 0. The predicted molar refractivity (Wildman–Crippen MR) is 67.3 cm³/mol. The molecule has 0 bridgehead atoms. The summed E-state index contributed by atoms with van der Waals surface area (Å²) in [6.07, 6.45) is 7.90. The molecule has 0 spiro atoms. The molecule has 2 rings (SSSR count). The Morgan fingerprint density at radius 3 is 2.25 bits per heavy atom. The van der Waals surface area contributed by atoms with E-state index in [9.17, 15) is 5.11 Å². The Bertz CT molecular complexity index is 215. The third-order valence-electron chi connectivity index (χ3n) is 4.77. The molecule has 0 aromatic rings. The molecule has 2 saturated carbocycles. The molecule has 0 aromatic heterocycles. The highest BCUT2D eigenvalue weighted by Gasteiger charge is 2.42. The lowest BCUT2D eigenvalue weighted by Gasteiger charge is -2.32. The summed E-state index contributed by atoms with van der Waals surface area (Å²) in [5.74, 6) is 1.80. The standard InChI is InChI=1S/C14H27NO/c1-11(2)12-3-5-13(6-4-12)15-9-14(10-16)7-8-14/h11-13,15-16H,3-10H2,1-2H3. The smallest absolute Gasteiger partial charge is 0.0499 e. The van der Waals surface area contributed by atoms with Crippen molar-refractivity contribution in [1.29, 1.82) is 0 Å². The number of aliphatic hydroxyl groups is 1. The van der Waals surface area contributed by atoms with E-state index >= 15 is 0 Å². The van der Waals surface area contributed by atoms with Crippen LogP contribution in [0.2, 0.25) is 0 Å². The lowest BCUT2D eigenvalue weighted by atomic mass is 9.79. The highest BCUT2D eigenvalue weighted by atomic mass is 16.3. The number of rotatable bonds is 5. The van der Waals surface area contributed by atoms with E-state index in [-0.39, 0.29) is 5.41 Å². The molecule has 0 amide bonds. The van der Waals surface area contributed by atoms with Crippen molar-refractivity contribution >= 4 is 0 Å². The summed E-state index contributed by atoms with van der Waals surface area (Å²) in [6.45, 7) is 6.12. The van der Waals surface area contributed by atoms with Crippen LogP contribution >= 0.6 is 0 Å². The maximum Gasteiger partial charge on any atom is 0.0499 e. The first-order valence-corrected chi connectivity index (χ1v) is 6.99. The molecular weight excluding hydrogens is 198 g/mol. The van der Waals surface area contributed by atoms with Crippen LogP contribution in [0.15, 0.2) is 0 Å². The van der Waals surface area contributed by atoms with E-state index in [1.54, 1.807) is 0 Å². The normalized spacial score (nSPS) is 33.0. The van der Waals surface area contributed by atoms with Gasteiger partial charge < -0.3 is 10.4 Å². The summed E-state index contributed by atoms with van der Waals surface area (Å²) < 4.78 is 0. The van der Waals surface area contributed by atoms with Crippen LogP contribution in [0.3, 0.4) is 0 Å². The molecule has 0 atom stereocenters. The van der Waals surface area contributed by atoms with Crippen molar-refractivity contribution in [3.8, 4) is 0 Å². The molecule has 0 aliphatic heterocycles. The molecule has 16 heavy (non-hydrogen) atoms. The third-order valence-corrected chi connectivity index (χ3v) is 4.77. The van der Waals surface area contributed by atoms with Crippen molar-refractivity contribution in [2.24, 2.45) is 17.3 Å². The van der Waals surface area contributed by atoms with Crippen LogP contribution in [0, 0.1) is 17.3 Å². The molecule has 2 nitrogen and oxygen atoms in total. The van der Waals surface area contributed by atoms with E-state index in [4.69, 9.17) is 0 Å². The average Bonchev–Trinajstić information content (AvgIpc) is 3.08. The molecular formula is C14H27NO. The van der Waals surface area contributed by atoms with E-state index in [1.165, 1.54) is 38.5 Å². The minimum absolute atomic E-state index is 0.273. The second-order valence-electron chi connectivity index (χ2n) is 6.39. The number of aliphatic hydroxyl groups excluding tert-OH is 1. The van der Waals surface area contributed by atoms with Crippen molar-refractivity contribution in [2.45, 2.75) is 58.4 Å². The Labute approximate surface area is 99.8 Å². The Balaban J connectivity index is 1.66. The molecule has 0 saturated heterocycles. The van der Waals surface area contributed by atoms with E-state index in [2.05, 4.69) is 19.2 Å². The van der Waals surface area contributed by atoms with E-state index in [1.807, 2.05) is 0 Å². The number of hydrogen-bond acceptors (Lipinski definition) is 2. The summed E-state index contributed by atoms with van der Waals surface area (Å²) in [5.41, 5.74) is 0.273. The first-order valence-electron chi connectivity index (χ1n) is 6.99. The first-order chi connectivity index (χ1) is 7.65. The zero-order valence-corrected chi connectivity index (χ0v) is 10.8.